The Morgan fingerprint density at radius 2 is 2.30 bits per heavy atom. The third kappa shape index (κ3) is 5.49. The summed E-state index contributed by atoms with van der Waals surface area (Å²) < 4.78 is 34.2. The van der Waals surface area contributed by atoms with Crippen molar-refractivity contribution >= 4 is 21.5 Å². The summed E-state index contributed by atoms with van der Waals surface area (Å²) in [4.78, 5) is 4.53. The van der Waals surface area contributed by atoms with Crippen LogP contribution in [0.5, 0.6) is 0 Å². The smallest absolute Gasteiger partial charge is 0.279 e. The number of aromatic nitrogens is 1. The number of hydrogen-bond donors (Lipinski definition) is 1. The molecule has 1 unspecified atom stereocenters. The molecule has 23 heavy (non-hydrogen) atoms. The van der Waals surface area contributed by atoms with Gasteiger partial charge in [0.15, 0.2) is 0 Å². The van der Waals surface area contributed by atoms with Crippen molar-refractivity contribution in [1.29, 1.82) is 0 Å². The van der Waals surface area contributed by atoms with E-state index in [1.807, 2.05) is 5.38 Å². The third-order valence-corrected chi connectivity index (χ3v) is 6.73. The molecule has 1 N–H and O–H groups in total. The molecule has 2 heterocycles. The van der Waals surface area contributed by atoms with E-state index in [2.05, 4.69) is 23.6 Å². The second-order valence-corrected chi connectivity index (χ2v) is 8.95. The normalized spacial score (nSPS) is 20.3. The lowest BCUT2D eigenvalue weighted by atomic mass is 10.0. The Labute approximate surface area is 143 Å². The number of hydrogen-bond acceptors (Lipinski definition) is 5. The summed E-state index contributed by atoms with van der Waals surface area (Å²) in [5.41, 5.74) is 0.956. The van der Waals surface area contributed by atoms with Gasteiger partial charge in [-0.25, -0.2) is 9.71 Å². The Hall–Kier alpha value is -0.540. The van der Waals surface area contributed by atoms with Gasteiger partial charge in [-0.05, 0) is 18.8 Å². The number of rotatable bonds is 8. The zero-order valence-corrected chi connectivity index (χ0v) is 15.8. The summed E-state index contributed by atoms with van der Waals surface area (Å²) in [6.07, 6.45) is 2.53. The monoisotopic (exact) mass is 361 g/mol. The van der Waals surface area contributed by atoms with Crippen LogP contribution in [0.1, 0.15) is 43.3 Å². The van der Waals surface area contributed by atoms with Crippen LogP contribution in [0.2, 0.25) is 0 Å². The molecule has 1 atom stereocenters. The zero-order chi connectivity index (χ0) is 16.9. The fourth-order valence-electron chi connectivity index (χ4n) is 2.72. The van der Waals surface area contributed by atoms with Crippen LogP contribution in [0.3, 0.4) is 0 Å². The second-order valence-electron chi connectivity index (χ2n) is 6.30. The van der Waals surface area contributed by atoms with Crippen LogP contribution in [0, 0.1) is 5.92 Å². The number of nitrogens with zero attached hydrogens (tertiary/aromatic N) is 2. The molecular weight excluding hydrogens is 334 g/mol. The first-order valence-electron chi connectivity index (χ1n) is 8.10. The van der Waals surface area contributed by atoms with E-state index in [1.54, 1.807) is 22.8 Å². The van der Waals surface area contributed by atoms with Crippen molar-refractivity contribution in [2.75, 3.05) is 33.4 Å². The predicted octanol–water partition coefficient (Wildman–Crippen LogP) is 2.00. The van der Waals surface area contributed by atoms with E-state index in [0.29, 0.717) is 38.6 Å². The van der Waals surface area contributed by atoms with Crippen molar-refractivity contribution in [3.8, 4) is 0 Å². The van der Waals surface area contributed by atoms with Crippen molar-refractivity contribution in [3.05, 3.63) is 16.1 Å². The second kappa shape index (κ2) is 8.53. The third-order valence-electron chi connectivity index (χ3n) is 3.95. The van der Waals surface area contributed by atoms with Gasteiger partial charge < -0.3 is 4.74 Å². The maximum atomic E-state index is 12.4. The molecule has 1 fully saturated rings. The van der Waals surface area contributed by atoms with Crippen LogP contribution in [0.25, 0.3) is 0 Å². The Morgan fingerprint density at radius 3 is 2.96 bits per heavy atom. The van der Waals surface area contributed by atoms with Gasteiger partial charge in [0, 0.05) is 44.5 Å². The molecule has 6 nitrogen and oxygen atoms in total. The minimum absolute atomic E-state index is 0.289. The summed E-state index contributed by atoms with van der Waals surface area (Å²) in [5.74, 6) is 0.703. The average Bonchev–Trinajstić information content (AvgIpc) is 2.97. The molecule has 0 radical (unpaired) electrons. The highest BCUT2D eigenvalue weighted by Crippen LogP contribution is 2.20. The molecule has 0 aliphatic carbocycles. The largest absolute Gasteiger partial charge is 0.384 e. The van der Waals surface area contributed by atoms with Crippen LogP contribution in [-0.4, -0.2) is 51.1 Å². The van der Waals surface area contributed by atoms with Gasteiger partial charge in [-0.2, -0.15) is 12.7 Å². The van der Waals surface area contributed by atoms with Gasteiger partial charge in [-0.3, -0.25) is 0 Å². The fraction of sp³-hybridized carbons (Fsp3) is 0.800. The first-order valence-corrected chi connectivity index (χ1v) is 10.4. The number of ether oxygens (including phenoxy) is 1. The highest BCUT2D eigenvalue weighted by Gasteiger charge is 2.28. The summed E-state index contributed by atoms with van der Waals surface area (Å²) in [7, 11) is -1.75. The van der Waals surface area contributed by atoms with E-state index in [9.17, 15) is 8.42 Å². The Kier molecular flexibility index (Phi) is 6.97. The Bertz CT molecular complexity index is 585. The molecule has 1 aliphatic rings. The van der Waals surface area contributed by atoms with E-state index in [0.717, 1.165) is 23.5 Å². The van der Waals surface area contributed by atoms with Crippen molar-refractivity contribution in [2.24, 2.45) is 5.92 Å². The summed E-state index contributed by atoms with van der Waals surface area (Å²) in [5, 5.41) is 3.11. The maximum absolute atomic E-state index is 12.4. The highest BCUT2D eigenvalue weighted by molar-refractivity contribution is 7.87. The van der Waals surface area contributed by atoms with E-state index < -0.39 is 10.2 Å². The molecule has 8 heteroatoms. The lowest BCUT2D eigenvalue weighted by Gasteiger charge is -2.31. The van der Waals surface area contributed by atoms with Gasteiger partial charge in [0.25, 0.3) is 10.2 Å². The molecule has 0 aromatic carbocycles. The quantitative estimate of drug-likeness (QED) is 0.769. The van der Waals surface area contributed by atoms with Crippen LogP contribution in [-0.2, 0) is 21.4 Å². The number of piperidine rings is 1. The van der Waals surface area contributed by atoms with E-state index in [1.165, 1.54) is 0 Å². The molecule has 2 rings (SSSR count). The summed E-state index contributed by atoms with van der Waals surface area (Å²) in [6.45, 7) is 6.34. The first kappa shape index (κ1) is 18.8. The SMILES string of the molecule is COCC1CCCN(S(=O)(=O)NCCc2csc(C(C)C)n2)C1. The molecule has 0 saturated carbocycles. The Morgan fingerprint density at radius 1 is 1.52 bits per heavy atom. The van der Waals surface area contributed by atoms with Gasteiger partial charge in [0.1, 0.15) is 0 Å². The lowest BCUT2D eigenvalue weighted by Crippen LogP contribution is -2.47. The first-order chi connectivity index (χ1) is 10.9. The average molecular weight is 362 g/mol. The minimum Gasteiger partial charge on any atom is -0.384 e. The molecule has 1 aromatic rings. The van der Waals surface area contributed by atoms with Gasteiger partial charge in [0.2, 0.25) is 0 Å². The zero-order valence-electron chi connectivity index (χ0n) is 14.1. The van der Waals surface area contributed by atoms with Crippen molar-refractivity contribution < 1.29 is 13.2 Å². The molecule has 0 spiro atoms. The number of nitrogens with one attached hydrogen (secondary N) is 1. The lowest BCUT2D eigenvalue weighted by molar-refractivity contribution is 0.118. The minimum atomic E-state index is -3.41. The molecular formula is C15H27N3O3S2. The van der Waals surface area contributed by atoms with E-state index >= 15 is 0 Å². The molecule has 1 aromatic heterocycles. The summed E-state index contributed by atoms with van der Waals surface area (Å²) in [6, 6.07) is 0. The molecule has 0 amide bonds. The standard InChI is InChI=1S/C15H27N3O3S2/c1-12(2)15-17-14(11-22-15)6-7-16-23(19,20)18-8-4-5-13(9-18)10-21-3/h11-13,16H,4-10H2,1-3H3. The summed E-state index contributed by atoms with van der Waals surface area (Å²) >= 11 is 1.64. The van der Waals surface area contributed by atoms with Crippen LogP contribution >= 0.6 is 11.3 Å². The van der Waals surface area contributed by atoms with Crippen molar-refractivity contribution in [3.63, 3.8) is 0 Å². The Balaban J connectivity index is 1.83. The fourth-order valence-corrected chi connectivity index (χ4v) is 4.91. The van der Waals surface area contributed by atoms with Gasteiger partial charge in [-0.1, -0.05) is 13.8 Å². The van der Waals surface area contributed by atoms with Crippen LogP contribution in [0.4, 0.5) is 0 Å². The van der Waals surface area contributed by atoms with Crippen LogP contribution < -0.4 is 4.72 Å². The van der Waals surface area contributed by atoms with Gasteiger partial charge in [0.05, 0.1) is 17.3 Å². The highest BCUT2D eigenvalue weighted by atomic mass is 32.2. The van der Waals surface area contributed by atoms with Crippen LogP contribution in [0.15, 0.2) is 5.38 Å². The molecule has 1 aliphatic heterocycles. The van der Waals surface area contributed by atoms with E-state index in [-0.39, 0.29) is 5.92 Å². The maximum Gasteiger partial charge on any atom is 0.279 e. The molecule has 1 saturated heterocycles. The number of methoxy groups -OCH3 is 1. The molecule has 132 valence electrons. The van der Waals surface area contributed by atoms with Gasteiger partial charge in [-0.15, -0.1) is 11.3 Å². The topological polar surface area (TPSA) is 71.5 Å². The van der Waals surface area contributed by atoms with Crippen molar-refractivity contribution in [1.82, 2.24) is 14.0 Å². The van der Waals surface area contributed by atoms with E-state index in [4.69, 9.17) is 4.74 Å². The van der Waals surface area contributed by atoms with Crippen molar-refractivity contribution in [2.45, 2.75) is 39.0 Å². The van der Waals surface area contributed by atoms with Gasteiger partial charge >= 0.3 is 0 Å². The predicted molar refractivity (Wildman–Crippen MR) is 93.0 cm³/mol. The molecule has 0 bridgehead atoms. The number of thiazole rings is 1.